The van der Waals surface area contributed by atoms with Crippen molar-refractivity contribution < 1.29 is 9.47 Å². The van der Waals surface area contributed by atoms with E-state index in [2.05, 4.69) is 20.1 Å². The lowest BCUT2D eigenvalue weighted by atomic mass is 10.1. The lowest BCUT2D eigenvalue weighted by Gasteiger charge is -2.32. The van der Waals surface area contributed by atoms with Gasteiger partial charge in [0.25, 0.3) is 0 Å². The molecule has 1 unspecified atom stereocenters. The van der Waals surface area contributed by atoms with Crippen molar-refractivity contribution in [2.45, 2.75) is 57.1 Å². The number of ether oxygens (including phenoxy) is 2. The molecule has 3 rings (SSSR count). The number of nitrogens with zero attached hydrogens (tertiary/aromatic N) is 3. The Bertz CT molecular complexity index is 404. The number of likely N-dealkylation sites (tertiary alicyclic amines) is 1. The summed E-state index contributed by atoms with van der Waals surface area (Å²) in [6.07, 6.45) is 9.59. The third-order valence-electron chi connectivity index (χ3n) is 5.78. The van der Waals surface area contributed by atoms with Gasteiger partial charge in [0, 0.05) is 45.8 Å². The van der Waals surface area contributed by atoms with Crippen LogP contribution in [0.5, 0.6) is 0 Å². The van der Waals surface area contributed by atoms with Gasteiger partial charge in [-0.25, -0.2) is 0 Å². The normalized spacial score (nSPS) is 27.5. The molecule has 1 aliphatic carbocycles. The molecule has 25 heavy (non-hydrogen) atoms. The van der Waals surface area contributed by atoms with Crippen LogP contribution < -0.4 is 5.32 Å². The quantitative estimate of drug-likeness (QED) is 0.353. The molecule has 0 spiro atoms. The van der Waals surface area contributed by atoms with E-state index in [-0.39, 0.29) is 0 Å². The van der Waals surface area contributed by atoms with Crippen LogP contribution in [0.4, 0.5) is 0 Å². The lowest BCUT2D eigenvalue weighted by Crippen LogP contribution is -2.47. The molecular formula is C19H36N4O2. The van der Waals surface area contributed by atoms with E-state index in [1.807, 2.05) is 7.05 Å². The van der Waals surface area contributed by atoms with Gasteiger partial charge in [0.05, 0.1) is 25.9 Å². The minimum Gasteiger partial charge on any atom is -0.379 e. The van der Waals surface area contributed by atoms with Crippen molar-refractivity contribution >= 4 is 5.96 Å². The van der Waals surface area contributed by atoms with Gasteiger partial charge in [0.15, 0.2) is 5.96 Å². The first-order valence-corrected chi connectivity index (χ1v) is 10.3. The van der Waals surface area contributed by atoms with Crippen LogP contribution in [-0.4, -0.2) is 87.5 Å². The van der Waals surface area contributed by atoms with E-state index < -0.39 is 0 Å². The van der Waals surface area contributed by atoms with Gasteiger partial charge in [0.1, 0.15) is 0 Å². The second kappa shape index (κ2) is 10.3. The number of morpholine rings is 1. The molecule has 1 atom stereocenters. The van der Waals surface area contributed by atoms with E-state index in [0.29, 0.717) is 12.1 Å². The lowest BCUT2D eigenvalue weighted by molar-refractivity contribution is 0.0194. The molecule has 2 aliphatic heterocycles. The van der Waals surface area contributed by atoms with Crippen LogP contribution in [-0.2, 0) is 9.47 Å². The minimum atomic E-state index is 0.476. The van der Waals surface area contributed by atoms with Crippen molar-refractivity contribution in [1.82, 2.24) is 15.1 Å². The average molecular weight is 353 g/mol. The predicted octanol–water partition coefficient (Wildman–Crippen LogP) is 1.71. The number of aliphatic imine (C=N–C) groups is 1. The molecule has 0 aromatic heterocycles. The Morgan fingerprint density at radius 2 is 1.84 bits per heavy atom. The van der Waals surface area contributed by atoms with Crippen molar-refractivity contribution in [2.75, 3.05) is 59.6 Å². The van der Waals surface area contributed by atoms with Crippen LogP contribution in [0.25, 0.3) is 0 Å². The van der Waals surface area contributed by atoms with Crippen LogP contribution in [0, 0.1) is 0 Å². The summed E-state index contributed by atoms with van der Waals surface area (Å²) in [6.45, 7) is 7.68. The molecule has 6 heteroatoms. The fourth-order valence-corrected chi connectivity index (χ4v) is 4.30. The highest BCUT2D eigenvalue weighted by molar-refractivity contribution is 5.80. The topological polar surface area (TPSA) is 49.3 Å². The number of nitrogens with one attached hydrogen (secondary N) is 1. The Kier molecular flexibility index (Phi) is 7.82. The fourth-order valence-electron chi connectivity index (χ4n) is 4.30. The first-order chi connectivity index (χ1) is 12.4. The fraction of sp³-hybridized carbons (Fsp3) is 0.947. The average Bonchev–Trinajstić information content (AvgIpc) is 3.00. The van der Waals surface area contributed by atoms with Gasteiger partial charge in [-0.2, -0.15) is 0 Å². The van der Waals surface area contributed by atoms with Crippen molar-refractivity contribution in [3.05, 3.63) is 0 Å². The third kappa shape index (κ3) is 5.83. The zero-order valence-corrected chi connectivity index (χ0v) is 15.9. The molecule has 6 nitrogen and oxygen atoms in total. The van der Waals surface area contributed by atoms with Crippen molar-refractivity contribution in [3.8, 4) is 0 Å². The van der Waals surface area contributed by atoms with Crippen LogP contribution in [0.3, 0.4) is 0 Å². The van der Waals surface area contributed by atoms with Crippen molar-refractivity contribution in [1.29, 1.82) is 0 Å². The molecule has 1 saturated carbocycles. The molecule has 0 aromatic rings. The molecule has 144 valence electrons. The van der Waals surface area contributed by atoms with Crippen LogP contribution in [0.2, 0.25) is 0 Å². The van der Waals surface area contributed by atoms with E-state index in [9.17, 15) is 0 Å². The van der Waals surface area contributed by atoms with E-state index in [0.717, 1.165) is 58.5 Å². The summed E-state index contributed by atoms with van der Waals surface area (Å²) in [7, 11) is 1.89. The zero-order chi connectivity index (χ0) is 17.3. The molecule has 2 saturated heterocycles. The summed E-state index contributed by atoms with van der Waals surface area (Å²) in [5.41, 5.74) is 0. The van der Waals surface area contributed by atoms with Gasteiger partial charge in [-0.3, -0.25) is 9.89 Å². The second-order valence-electron chi connectivity index (χ2n) is 7.50. The summed E-state index contributed by atoms with van der Waals surface area (Å²) in [6, 6.07) is 0.643. The highest BCUT2D eigenvalue weighted by Gasteiger charge is 2.30. The first kappa shape index (κ1) is 18.9. The van der Waals surface area contributed by atoms with Gasteiger partial charge in [-0.1, -0.05) is 25.7 Å². The van der Waals surface area contributed by atoms with Crippen LogP contribution >= 0.6 is 0 Å². The van der Waals surface area contributed by atoms with Gasteiger partial charge in [-0.15, -0.1) is 0 Å². The van der Waals surface area contributed by atoms with Crippen molar-refractivity contribution in [3.63, 3.8) is 0 Å². The van der Waals surface area contributed by atoms with Gasteiger partial charge >= 0.3 is 0 Å². The summed E-state index contributed by atoms with van der Waals surface area (Å²) in [5, 5.41) is 3.50. The van der Waals surface area contributed by atoms with Gasteiger partial charge in [-0.05, 0) is 19.3 Å². The van der Waals surface area contributed by atoms with Gasteiger partial charge < -0.3 is 19.7 Å². The summed E-state index contributed by atoms with van der Waals surface area (Å²) < 4.78 is 11.6. The summed E-state index contributed by atoms with van der Waals surface area (Å²) >= 11 is 0. The second-order valence-corrected chi connectivity index (χ2v) is 7.50. The Morgan fingerprint density at radius 3 is 2.56 bits per heavy atom. The maximum Gasteiger partial charge on any atom is 0.193 e. The molecule has 0 bridgehead atoms. The monoisotopic (exact) mass is 352 g/mol. The zero-order valence-electron chi connectivity index (χ0n) is 15.9. The predicted molar refractivity (Wildman–Crippen MR) is 101 cm³/mol. The molecule has 0 aromatic carbocycles. The number of hydrogen-bond donors (Lipinski definition) is 1. The summed E-state index contributed by atoms with van der Waals surface area (Å²) in [4.78, 5) is 9.45. The molecule has 3 fully saturated rings. The van der Waals surface area contributed by atoms with Crippen molar-refractivity contribution in [2.24, 2.45) is 4.99 Å². The molecule has 2 heterocycles. The Balaban J connectivity index is 1.35. The Labute approximate surface area is 152 Å². The van der Waals surface area contributed by atoms with Gasteiger partial charge in [0.2, 0.25) is 0 Å². The van der Waals surface area contributed by atoms with E-state index in [1.165, 1.54) is 44.9 Å². The van der Waals surface area contributed by atoms with Crippen LogP contribution in [0.1, 0.15) is 44.9 Å². The third-order valence-corrected chi connectivity index (χ3v) is 5.78. The number of rotatable bonds is 5. The molecular weight excluding hydrogens is 316 g/mol. The van der Waals surface area contributed by atoms with Crippen LogP contribution in [0.15, 0.2) is 4.99 Å². The van der Waals surface area contributed by atoms with E-state index >= 15 is 0 Å². The Hall–Kier alpha value is -0.850. The molecule has 3 aliphatic rings. The SMILES string of the molecule is CN=C(NCCOC1CCCCCC1)N1CCC(N2CCOCC2)C1. The largest absolute Gasteiger partial charge is 0.379 e. The van der Waals surface area contributed by atoms with E-state index in [1.54, 1.807) is 0 Å². The van der Waals surface area contributed by atoms with E-state index in [4.69, 9.17) is 9.47 Å². The summed E-state index contributed by atoms with van der Waals surface area (Å²) in [5.74, 6) is 1.03. The maximum atomic E-state index is 6.08. The Morgan fingerprint density at radius 1 is 1.08 bits per heavy atom. The minimum absolute atomic E-state index is 0.476. The highest BCUT2D eigenvalue weighted by atomic mass is 16.5. The molecule has 0 amide bonds. The molecule has 0 radical (unpaired) electrons. The molecule has 1 N–H and O–H groups in total. The standard InChI is InChI=1S/C19H36N4O2/c1-20-19(21-9-13-25-18-6-4-2-3-5-7-18)23-10-8-17(16-23)22-11-14-24-15-12-22/h17-18H,2-16H2,1H3,(H,20,21). The first-order valence-electron chi connectivity index (χ1n) is 10.3. The number of guanidine groups is 1. The maximum absolute atomic E-state index is 6.08. The smallest absolute Gasteiger partial charge is 0.193 e. The number of hydrogen-bond acceptors (Lipinski definition) is 4. The highest BCUT2D eigenvalue weighted by Crippen LogP contribution is 2.20.